The van der Waals surface area contributed by atoms with E-state index in [-0.39, 0.29) is 24.3 Å². The number of anilines is 1. The number of hydrogen-bond donors (Lipinski definition) is 2. The SMILES string of the molecule is CC(C)CCC(C)NC(=O)Cc1csc(NC(=O)c2ccccc2)n1. The minimum Gasteiger partial charge on any atom is -0.353 e. The van der Waals surface area contributed by atoms with Crippen LogP contribution in [-0.4, -0.2) is 22.8 Å². The zero-order valence-electron chi connectivity index (χ0n) is 14.9. The van der Waals surface area contributed by atoms with E-state index in [0.29, 0.717) is 22.3 Å². The minimum atomic E-state index is -0.201. The number of benzene rings is 1. The molecule has 25 heavy (non-hydrogen) atoms. The summed E-state index contributed by atoms with van der Waals surface area (Å²) in [6.07, 6.45) is 2.29. The molecule has 6 heteroatoms. The van der Waals surface area contributed by atoms with Crippen LogP contribution in [0.1, 0.15) is 49.7 Å². The molecule has 1 aromatic heterocycles. The number of carbonyl (C=O) groups excluding carboxylic acids is 2. The van der Waals surface area contributed by atoms with E-state index in [9.17, 15) is 9.59 Å². The molecule has 0 radical (unpaired) electrons. The molecule has 5 nitrogen and oxygen atoms in total. The molecule has 0 bridgehead atoms. The summed E-state index contributed by atoms with van der Waals surface area (Å²) < 4.78 is 0. The lowest BCUT2D eigenvalue weighted by Crippen LogP contribution is -2.33. The monoisotopic (exact) mass is 359 g/mol. The van der Waals surface area contributed by atoms with E-state index < -0.39 is 0 Å². The van der Waals surface area contributed by atoms with E-state index in [2.05, 4.69) is 29.5 Å². The molecule has 134 valence electrons. The number of aromatic nitrogens is 1. The summed E-state index contributed by atoms with van der Waals surface area (Å²) in [6.45, 7) is 6.37. The van der Waals surface area contributed by atoms with Gasteiger partial charge in [0, 0.05) is 17.0 Å². The summed E-state index contributed by atoms with van der Waals surface area (Å²) >= 11 is 1.32. The number of rotatable bonds is 8. The molecular weight excluding hydrogens is 334 g/mol. The van der Waals surface area contributed by atoms with E-state index in [1.807, 2.05) is 25.1 Å². The third-order valence-corrected chi connectivity index (χ3v) is 4.54. The third-order valence-electron chi connectivity index (χ3n) is 3.73. The number of hydrogen-bond acceptors (Lipinski definition) is 4. The van der Waals surface area contributed by atoms with Gasteiger partial charge in [0.25, 0.3) is 5.91 Å². The van der Waals surface area contributed by atoms with Gasteiger partial charge in [-0.2, -0.15) is 0 Å². The average molecular weight is 359 g/mol. The second-order valence-electron chi connectivity index (χ2n) is 6.58. The molecule has 0 saturated heterocycles. The average Bonchev–Trinajstić information content (AvgIpc) is 3.00. The smallest absolute Gasteiger partial charge is 0.257 e. The van der Waals surface area contributed by atoms with Gasteiger partial charge < -0.3 is 5.32 Å². The Bertz CT molecular complexity index is 698. The van der Waals surface area contributed by atoms with Crippen molar-refractivity contribution >= 4 is 28.3 Å². The molecule has 2 aromatic rings. The van der Waals surface area contributed by atoms with Crippen molar-refractivity contribution in [3.63, 3.8) is 0 Å². The first kappa shape index (κ1) is 19.1. The van der Waals surface area contributed by atoms with Gasteiger partial charge >= 0.3 is 0 Å². The first-order valence-electron chi connectivity index (χ1n) is 8.54. The predicted molar refractivity (Wildman–Crippen MR) is 102 cm³/mol. The van der Waals surface area contributed by atoms with Crippen LogP contribution in [0.15, 0.2) is 35.7 Å². The standard InChI is InChI=1S/C19H25N3O2S/c1-13(2)9-10-14(3)20-17(23)11-16-12-25-19(21-16)22-18(24)15-7-5-4-6-8-15/h4-8,12-14H,9-11H2,1-3H3,(H,20,23)(H,21,22,24). The van der Waals surface area contributed by atoms with Crippen LogP contribution in [0, 0.1) is 5.92 Å². The summed E-state index contributed by atoms with van der Waals surface area (Å²) in [5.74, 6) is 0.393. The number of amides is 2. The fourth-order valence-corrected chi connectivity index (χ4v) is 3.06. The second-order valence-corrected chi connectivity index (χ2v) is 7.44. The van der Waals surface area contributed by atoms with Crippen molar-refractivity contribution in [2.24, 2.45) is 5.92 Å². The molecule has 1 heterocycles. The maximum absolute atomic E-state index is 12.1. The van der Waals surface area contributed by atoms with E-state index in [1.54, 1.807) is 17.5 Å². The number of nitrogens with zero attached hydrogens (tertiary/aromatic N) is 1. The highest BCUT2D eigenvalue weighted by molar-refractivity contribution is 7.14. The molecule has 0 aliphatic rings. The molecule has 0 saturated carbocycles. The van der Waals surface area contributed by atoms with Crippen LogP contribution in [0.4, 0.5) is 5.13 Å². The van der Waals surface area contributed by atoms with Gasteiger partial charge in [-0.05, 0) is 37.8 Å². The van der Waals surface area contributed by atoms with Crippen LogP contribution >= 0.6 is 11.3 Å². The van der Waals surface area contributed by atoms with Crippen LogP contribution in [-0.2, 0) is 11.2 Å². The predicted octanol–water partition coefficient (Wildman–Crippen LogP) is 3.88. The fraction of sp³-hybridized carbons (Fsp3) is 0.421. The van der Waals surface area contributed by atoms with Gasteiger partial charge in [0.2, 0.25) is 5.91 Å². The largest absolute Gasteiger partial charge is 0.353 e. The van der Waals surface area contributed by atoms with Crippen LogP contribution in [0.2, 0.25) is 0 Å². The van der Waals surface area contributed by atoms with Crippen LogP contribution in [0.25, 0.3) is 0 Å². The van der Waals surface area contributed by atoms with Gasteiger partial charge in [-0.1, -0.05) is 32.0 Å². The Morgan fingerprint density at radius 2 is 1.84 bits per heavy atom. The number of thiazole rings is 1. The molecular formula is C19H25N3O2S. The first-order chi connectivity index (χ1) is 11.9. The van der Waals surface area contributed by atoms with Crippen molar-refractivity contribution in [1.82, 2.24) is 10.3 Å². The van der Waals surface area contributed by atoms with Gasteiger partial charge in [0.1, 0.15) is 0 Å². The summed E-state index contributed by atoms with van der Waals surface area (Å²) in [5.41, 5.74) is 1.25. The van der Waals surface area contributed by atoms with Crippen molar-refractivity contribution in [3.05, 3.63) is 47.0 Å². The highest BCUT2D eigenvalue weighted by Gasteiger charge is 2.13. The second kappa shape index (κ2) is 9.32. The Labute approximate surface area is 152 Å². The first-order valence-corrected chi connectivity index (χ1v) is 9.42. The van der Waals surface area contributed by atoms with E-state index in [4.69, 9.17) is 0 Å². The Morgan fingerprint density at radius 1 is 1.12 bits per heavy atom. The lowest BCUT2D eigenvalue weighted by molar-refractivity contribution is -0.121. The molecule has 0 aliphatic heterocycles. The Kier molecular flexibility index (Phi) is 7.13. The Morgan fingerprint density at radius 3 is 2.52 bits per heavy atom. The topological polar surface area (TPSA) is 71.1 Å². The molecule has 2 N–H and O–H groups in total. The minimum absolute atomic E-state index is 0.0394. The summed E-state index contributed by atoms with van der Waals surface area (Å²) in [6, 6.07) is 9.14. The normalized spacial score (nSPS) is 12.0. The third kappa shape index (κ3) is 6.66. The van der Waals surface area contributed by atoms with Gasteiger partial charge in [-0.25, -0.2) is 4.98 Å². The maximum Gasteiger partial charge on any atom is 0.257 e. The lowest BCUT2D eigenvalue weighted by atomic mass is 10.0. The summed E-state index contributed by atoms with van der Waals surface area (Å²) in [7, 11) is 0. The van der Waals surface area contributed by atoms with Gasteiger partial charge in [-0.3, -0.25) is 14.9 Å². The lowest BCUT2D eigenvalue weighted by Gasteiger charge is -2.14. The number of carbonyl (C=O) groups is 2. The Hall–Kier alpha value is -2.21. The molecule has 0 fully saturated rings. The van der Waals surface area contributed by atoms with Crippen LogP contribution < -0.4 is 10.6 Å². The van der Waals surface area contributed by atoms with Crippen molar-refractivity contribution in [2.75, 3.05) is 5.32 Å². The quantitative estimate of drug-likeness (QED) is 0.751. The van der Waals surface area contributed by atoms with Crippen molar-refractivity contribution < 1.29 is 9.59 Å². The molecule has 0 spiro atoms. The fourth-order valence-electron chi connectivity index (χ4n) is 2.35. The summed E-state index contributed by atoms with van der Waals surface area (Å²) in [4.78, 5) is 28.5. The molecule has 2 rings (SSSR count). The van der Waals surface area contributed by atoms with Crippen molar-refractivity contribution in [2.45, 2.75) is 46.1 Å². The highest BCUT2D eigenvalue weighted by atomic mass is 32.1. The molecule has 1 aromatic carbocycles. The van der Waals surface area contributed by atoms with Crippen molar-refractivity contribution in [1.29, 1.82) is 0 Å². The molecule has 1 unspecified atom stereocenters. The highest BCUT2D eigenvalue weighted by Crippen LogP contribution is 2.17. The zero-order chi connectivity index (χ0) is 18.2. The van der Waals surface area contributed by atoms with E-state index in [0.717, 1.165) is 12.8 Å². The van der Waals surface area contributed by atoms with E-state index >= 15 is 0 Å². The molecule has 2 amide bonds. The van der Waals surface area contributed by atoms with Crippen LogP contribution in [0.3, 0.4) is 0 Å². The van der Waals surface area contributed by atoms with Gasteiger partial charge in [-0.15, -0.1) is 11.3 Å². The Balaban J connectivity index is 1.82. The molecule has 1 atom stereocenters. The maximum atomic E-state index is 12.1. The number of nitrogens with one attached hydrogen (secondary N) is 2. The van der Waals surface area contributed by atoms with E-state index in [1.165, 1.54) is 11.3 Å². The van der Waals surface area contributed by atoms with Crippen LogP contribution in [0.5, 0.6) is 0 Å². The van der Waals surface area contributed by atoms with Gasteiger partial charge in [0.15, 0.2) is 5.13 Å². The zero-order valence-corrected chi connectivity index (χ0v) is 15.7. The summed E-state index contributed by atoms with van der Waals surface area (Å²) in [5, 5.41) is 8.07. The van der Waals surface area contributed by atoms with Gasteiger partial charge in [0.05, 0.1) is 12.1 Å². The van der Waals surface area contributed by atoms with Crippen molar-refractivity contribution in [3.8, 4) is 0 Å². The molecule has 0 aliphatic carbocycles.